The van der Waals surface area contributed by atoms with E-state index in [-0.39, 0.29) is 17.6 Å². The number of nitrogens with one attached hydrogen (secondary N) is 3. The number of carbonyl (C=O) groups is 2. The first kappa shape index (κ1) is 18.1. The fraction of sp³-hybridized carbons (Fsp3) is 0.158. The second kappa shape index (κ2) is 8.54. The molecule has 0 heterocycles. The maximum Gasteiger partial charge on any atom is 0.269 e. The number of rotatable bonds is 6. The second-order valence-electron chi connectivity index (χ2n) is 5.45. The number of para-hydroxylation sites is 1. The van der Waals surface area contributed by atoms with Crippen molar-refractivity contribution >= 4 is 17.5 Å². The molecule has 0 atom stereocenters. The normalized spacial score (nSPS) is 10.9. The molecular weight excluding hydrogens is 318 g/mol. The van der Waals surface area contributed by atoms with Gasteiger partial charge in [-0.3, -0.25) is 15.0 Å². The van der Waals surface area contributed by atoms with Crippen molar-refractivity contribution in [1.82, 2.24) is 10.9 Å². The number of benzene rings is 2. The molecule has 0 aliphatic rings. The largest absolute Gasteiger partial charge is 0.508 e. The first-order chi connectivity index (χ1) is 12.0. The van der Waals surface area contributed by atoms with E-state index in [2.05, 4.69) is 16.2 Å². The van der Waals surface area contributed by atoms with Crippen molar-refractivity contribution in [2.45, 2.75) is 20.3 Å². The van der Waals surface area contributed by atoms with Gasteiger partial charge in [0.2, 0.25) is 5.91 Å². The first-order valence-electron chi connectivity index (χ1n) is 7.92. The summed E-state index contributed by atoms with van der Waals surface area (Å²) in [6, 6.07) is 13.5. The van der Waals surface area contributed by atoms with Gasteiger partial charge in [-0.2, -0.15) is 0 Å². The van der Waals surface area contributed by atoms with E-state index in [1.165, 1.54) is 30.3 Å². The molecule has 130 valence electrons. The highest BCUT2D eigenvalue weighted by atomic mass is 16.3. The molecule has 0 aliphatic carbocycles. The summed E-state index contributed by atoms with van der Waals surface area (Å²) in [5, 5.41) is 12.0. The van der Waals surface area contributed by atoms with Gasteiger partial charge in [0, 0.05) is 23.0 Å². The summed E-state index contributed by atoms with van der Waals surface area (Å²) in [6.07, 6.45) is 2.18. The zero-order valence-electron chi connectivity index (χ0n) is 14.2. The van der Waals surface area contributed by atoms with Crippen LogP contribution in [0.5, 0.6) is 5.75 Å². The maximum absolute atomic E-state index is 12.1. The number of hydrogen-bond acceptors (Lipinski definition) is 4. The average molecular weight is 339 g/mol. The third kappa shape index (κ3) is 5.39. The number of amides is 2. The van der Waals surface area contributed by atoms with Crippen molar-refractivity contribution in [3.05, 3.63) is 71.4 Å². The Morgan fingerprint density at radius 2 is 1.72 bits per heavy atom. The van der Waals surface area contributed by atoms with Gasteiger partial charge >= 0.3 is 0 Å². The van der Waals surface area contributed by atoms with Gasteiger partial charge in [0.05, 0.1) is 0 Å². The van der Waals surface area contributed by atoms with Gasteiger partial charge < -0.3 is 15.8 Å². The number of aryl methyl sites for hydroxylation is 1. The Balaban J connectivity index is 1.91. The van der Waals surface area contributed by atoms with Gasteiger partial charge in [0.1, 0.15) is 5.75 Å². The number of carbonyl (C=O) groups excluding carboxylic acids is 2. The molecule has 0 saturated heterocycles. The van der Waals surface area contributed by atoms with E-state index in [4.69, 9.17) is 0 Å². The number of allylic oxidation sites excluding steroid dienone is 1. The van der Waals surface area contributed by atoms with Crippen LogP contribution in [0.4, 0.5) is 5.69 Å². The summed E-state index contributed by atoms with van der Waals surface area (Å²) >= 11 is 0. The Hall–Kier alpha value is -3.28. The molecule has 6 nitrogen and oxygen atoms in total. The third-order valence-electron chi connectivity index (χ3n) is 3.51. The van der Waals surface area contributed by atoms with Crippen molar-refractivity contribution in [3.63, 3.8) is 0 Å². The summed E-state index contributed by atoms with van der Waals surface area (Å²) in [4.78, 5) is 24.0. The van der Waals surface area contributed by atoms with E-state index in [0.717, 1.165) is 17.7 Å². The van der Waals surface area contributed by atoms with Crippen LogP contribution >= 0.6 is 0 Å². The molecule has 4 N–H and O–H groups in total. The lowest BCUT2D eigenvalue weighted by Gasteiger charge is -2.10. The molecule has 0 fully saturated rings. The van der Waals surface area contributed by atoms with Crippen molar-refractivity contribution in [2.75, 3.05) is 5.32 Å². The summed E-state index contributed by atoms with van der Waals surface area (Å²) in [6.45, 7) is 3.69. The molecule has 0 bridgehead atoms. The van der Waals surface area contributed by atoms with Crippen LogP contribution in [0.25, 0.3) is 0 Å². The smallest absolute Gasteiger partial charge is 0.269 e. The van der Waals surface area contributed by atoms with Crippen LogP contribution < -0.4 is 16.2 Å². The van der Waals surface area contributed by atoms with E-state index >= 15 is 0 Å². The minimum absolute atomic E-state index is 0.0876. The number of phenolic OH excluding ortho intramolecular Hbond substituents is 1. The summed E-state index contributed by atoms with van der Waals surface area (Å²) in [5.41, 5.74) is 7.87. The van der Waals surface area contributed by atoms with Crippen LogP contribution in [0.2, 0.25) is 0 Å². The van der Waals surface area contributed by atoms with Crippen LogP contribution in [0.3, 0.4) is 0 Å². The number of hydrazine groups is 1. The van der Waals surface area contributed by atoms with Gasteiger partial charge in [0.15, 0.2) is 0 Å². The summed E-state index contributed by atoms with van der Waals surface area (Å²) in [7, 11) is 0. The molecule has 2 aromatic carbocycles. The van der Waals surface area contributed by atoms with Crippen LogP contribution in [-0.4, -0.2) is 16.9 Å². The highest BCUT2D eigenvalue weighted by molar-refractivity contribution is 6.00. The molecule has 0 aromatic heterocycles. The number of aromatic hydroxyl groups is 1. The molecule has 2 rings (SSSR count). The molecule has 0 unspecified atom stereocenters. The Kier molecular flexibility index (Phi) is 6.17. The monoisotopic (exact) mass is 339 g/mol. The van der Waals surface area contributed by atoms with Crippen molar-refractivity contribution in [2.24, 2.45) is 0 Å². The van der Waals surface area contributed by atoms with Gasteiger partial charge in [0.25, 0.3) is 5.91 Å². The molecule has 6 heteroatoms. The molecular formula is C19H21N3O3. The van der Waals surface area contributed by atoms with E-state index in [1.54, 1.807) is 6.92 Å². The molecule has 0 spiro atoms. The van der Waals surface area contributed by atoms with E-state index in [9.17, 15) is 14.7 Å². The molecule has 2 amide bonds. The fourth-order valence-electron chi connectivity index (χ4n) is 2.19. The average Bonchev–Trinajstić information content (AvgIpc) is 2.60. The molecule has 0 radical (unpaired) electrons. The zero-order valence-corrected chi connectivity index (χ0v) is 14.2. The van der Waals surface area contributed by atoms with E-state index < -0.39 is 0 Å². The topological polar surface area (TPSA) is 90.5 Å². The highest BCUT2D eigenvalue weighted by Gasteiger charge is 2.06. The number of hydrogen-bond donors (Lipinski definition) is 4. The SMILES string of the molecule is CCc1ccccc1NC(=O)C=C(C)NNC(=O)c1ccc(O)cc1. The predicted molar refractivity (Wildman–Crippen MR) is 96.9 cm³/mol. The lowest BCUT2D eigenvalue weighted by molar-refractivity contribution is -0.112. The lowest BCUT2D eigenvalue weighted by Crippen LogP contribution is -2.36. The Labute approximate surface area is 146 Å². The van der Waals surface area contributed by atoms with Crippen molar-refractivity contribution in [3.8, 4) is 5.75 Å². The van der Waals surface area contributed by atoms with Crippen LogP contribution in [0.15, 0.2) is 60.3 Å². The van der Waals surface area contributed by atoms with Crippen molar-refractivity contribution < 1.29 is 14.7 Å². The summed E-state index contributed by atoms with van der Waals surface area (Å²) in [5.74, 6) is -0.570. The Morgan fingerprint density at radius 1 is 1.04 bits per heavy atom. The molecule has 2 aromatic rings. The minimum Gasteiger partial charge on any atom is -0.508 e. The molecule has 0 saturated carbocycles. The second-order valence-corrected chi connectivity index (χ2v) is 5.45. The van der Waals surface area contributed by atoms with Crippen LogP contribution in [0, 0.1) is 0 Å². The van der Waals surface area contributed by atoms with Gasteiger partial charge in [-0.05, 0) is 49.2 Å². The van der Waals surface area contributed by atoms with Gasteiger partial charge in [-0.1, -0.05) is 25.1 Å². The molecule has 25 heavy (non-hydrogen) atoms. The Morgan fingerprint density at radius 3 is 2.40 bits per heavy atom. The third-order valence-corrected chi connectivity index (χ3v) is 3.51. The molecule has 0 aliphatic heterocycles. The van der Waals surface area contributed by atoms with Crippen LogP contribution in [0.1, 0.15) is 29.8 Å². The maximum atomic E-state index is 12.1. The number of anilines is 1. The predicted octanol–water partition coefficient (Wildman–Crippen LogP) is 2.73. The van der Waals surface area contributed by atoms with Gasteiger partial charge in [-0.25, -0.2) is 0 Å². The van der Waals surface area contributed by atoms with Crippen molar-refractivity contribution in [1.29, 1.82) is 0 Å². The first-order valence-corrected chi connectivity index (χ1v) is 7.92. The zero-order chi connectivity index (χ0) is 18.2. The lowest BCUT2D eigenvalue weighted by atomic mass is 10.1. The fourth-order valence-corrected chi connectivity index (χ4v) is 2.19. The number of phenols is 1. The van der Waals surface area contributed by atoms with E-state index in [1.807, 2.05) is 31.2 Å². The standard InChI is InChI=1S/C19H21N3O3/c1-3-14-6-4-5-7-17(14)20-18(24)12-13(2)21-22-19(25)15-8-10-16(23)11-9-15/h4-12,21,23H,3H2,1-2H3,(H,20,24)(H,22,25). The van der Waals surface area contributed by atoms with Gasteiger partial charge in [-0.15, -0.1) is 0 Å². The minimum atomic E-state index is -0.371. The summed E-state index contributed by atoms with van der Waals surface area (Å²) < 4.78 is 0. The quantitative estimate of drug-likeness (QED) is 0.481. The highest BCUT2D eigenvalue weighted by Crippen LogP contribution is 2.15. The van der Waals surface area contributed by atoms with E-state index in [0.29, 0.717) is 11.3 Å². The Bertz CT molecular complexity index is 783. The van der Waals surface area contributed by atoms with Crippen LogP contribution in [-0.2, 0) is 11.2 Å².